The molecule has 1 amide bonds. The Morgan fingerprint density at radius 2 is 1.85 bits per heavy atom. The van der Waals surface area contributed by atoms with Gasteiger partial charge in [0.2, 0.25) is 0 Å². The first-order chi connectivity index (χ1) is 19.7. The van der Waals surface area contributed by atoms with Gasteiger partial charge >= 0.3 is 0 Å². The van der Waals surface area contributed by atoms with Gasteiger partial charge in [0.15, 0.2) is 15.7 Å². The third-order valence-electron chi connectivity index (χ3n) is 7.27. The molecule has 0 radical (unpaired) electrons. The summed E-state index contributed by atoms with van der Waals surface area (Å²) in [5, 5.41) is 4.76. The molecule has 1 fully saturated rings. The molecule has 0 spiro atoms. The average molecular weight is 574 g/mol. The summed E-state index contributed by atoms with van der Waals surface area (Å²) in [4.78, 5) is 29.1. The maximum Gasteiger partial charge on any atom is 0.251 e. The molecule has 0 saturated carbocycles. The van der Waals surface area contributed by atoms with Gasteiger partial charge in [0, 0.05) is 42.0 Å². The Hall–Kier alpha value is -3.93. The number of fused-ring (bicyclic) bond motifs is 2. The summed E-state index contributed by atoms with van der Waals surface area (Å²) in [6.07, 6.45) is 3.80. The van der Waals surface area contributed by atoms with Crippen LogP contribution in [-0.2, 0) is 32.5 Å². The molecule has 2 atom stereocenters. The van der Waals surface area contributed by atoms with Gasteiger partial charge in [-0.25, -0.2) is 18.4 Å². The summed E-state index contributed by atoms with van der Waals surface area (Å²) in [7, 11) is -3.50. The van der Waals surface area contributed by atoms with Crippen LogP contribution in [0.25, 0.3) is 22.2 Å². The molecule has 0 bridgehead atoms. The molecule has 1 saturated heterocycles. The molecule has 4 aromatic rings. The van der Waals surface area contributed by atoms with Crippen LogP contribution in [0.3, 0.4) is 0 Å². The Balaban J connectivity index is 1.19. The molecule has 0 aliphatic carbocycles. The SMILES string of the molecule is C[C@@H]1CN(c2ccnc(-c3ccc4cnc(CNC(=O)c5ccc6c(c5)S(=O)(=O)CCOC6)cc4c3)n2)C[C@H](C)O1. The minimum Gasteiger partial charge on any atom is -0.376 e. The average Bonchev–Trinajstić information content (AvgIpc) is 3.12. The van der Waals surface area contributed by atoms with E-state index in [1.807, 2.05) is 30.3 Å². The second-order valence-corrected chi connectivity index (χ2v) is 12.6. The first kappa shape index (κ1) is 27.3. The van der Waals surface area contributed by atoms with E-state index in [-0.39, 0.29) is 54.1 Å². The fourth-order valence-corrected chi connectivity index (χ4v) is 6.68. The van der Waals surface area contributed by atoms with Crippen molar-refractivity contribution in [1.29, 1.82) is 0 Å². The molecule has 2 aliphatic rings. The number of anilines is 1. The number of nitrogens with one attached hydrogen (secondary N) is 1. The molecule has 11 heteroatoms. The van der Waals surface area contributed by atoms with Crippen molar-refractivity contribution in [3.05, 3.63) is 77.7 Å². The van der Waals surface area contributed by atoms with E-state index >= 15 is 0 Å². The molecular weight excluding hydrogens is 542 g/mol. The lowest BCUT2D eigenvalue weighted by molar-refractivity contribution is -0.00546. The van der Waals surface area contributed by atoms with Crippen LogP contribution < -0.4 is 10.2 Å². The van der Waals surface area contributed by atoms with Crippen molar-refractivity contribution >= 4 is 32.3 Å². The number of morpholine rings is 1. The number of hydrogen-bond acceptors (Lipinski definition) is 9. The number of carbonyl (C=O) groups is 1. The minimum absolute atomic E-state index is 0.102. The van der Waals surface area contributed by atoms with Crippen LogP contribution >= 0.6 is 0 Å². The first-order valence-electron chi connectivity index (χ1n) is 13.6. The summed E-state index contributed by atoms with van der Waals surface area (Å²) in [6, 6.07) is 14.5. The van der Waals surface area contributed by atoms with Crippen molar-refractivity contribution in [3.8, 4) is 11.4 Å². The standard InChI is InChI=1S/C30H31N5O5S/c1-19-16-35(17-20(2)40-19)28-7-8-31-29(34-28)21-3-5-23-14-32-26(12-25(23)11-21)15-33-30(36)22-4-6-24-18-39-9-10-41(37,38)27(24)13-22/h3-8,11-14,19-20H,9-10,15-18H2,1-2H3,(H,33,36)/t19-,20+. The van der Waals surface area contributed by atoms with E-state index in [2.05, 4.69) is 34.0 Å². The summed E-state index contributed by atoms with van der Waals surface area (Å²) in [6.45, 7) is 6.21. The maximum atomic E-state index is 12.9. The highest BCUT2D eigenvalue weighted by Gasteiger charge is 2.25. The van der Waals surface area contributed by atoms with Crippen LogP contribution in [0, 0.1) is 0 Å². The highest BCUT2D eigenvalue weighted by atomic mass is 32.2. The first-order valence-corrected chi connectivity index (χ1v) is 15.2. The van der Waals surface area contributed by atoms with Gasteiger partial charge in [0.1, 0.15) is 5.82 Å². The Morgan fingerprint density at radius 3 is 2.68 bits per heavy atom. The lowest BCUT2D eigenvalue weighted by Crippen LogP contribution is -2.45. The molecule has 212 valence electrons. The number of ether oxygens (including phenoxy) is 2. The summed E-state index contributed by atoms with van der Waals surface area (Å²) < 4.78 is 36.4. The van der Waals surface area contributed by atoms with E-state index in [1.165, 1.54) is 6.07 Å². The van der Waals surface area contributed by atoms with Crippen LogP contribution in [0.5, 0.6) is 0 Å². The number of carbonyl (C=O) groups excluding carboxylic acids is 1. The van der Waals surface area contributed by atoms with Crippen molar-refractivity contribution in [2.45, 2.75) is 44.1 Å². The van der Waals surface area contributed by atoms with Gasteiger partial charge < -0.3 is 19.7 Å². The van der Waals surface area contributed by atoms with E-state index in [9.17, 15) is 13.2 Å². The monoisotopic (exact) mass is 573 g/mol. The Labute approximate surface area is 238 Å². The van der Waals surface area contributed by atoms with Gasteiger partial charge in [-0.05, 0) is 55.1 Å². The third-order valence-corrected chi connectivity index (χ3v) is 9.02. The normalized spacial score (nSPS) is 20.3. The number of hydrogen-bond donors (Lipinski definition) is 1. The van der Waals surface area contributed by atoms with Crippen molar-refractivity contribution in [1.82, 2.24) is 20.3 Å². The fourth-order valence-electron chi connectivity index (χ4n) is 5.29. The number of sulfone groups is 1. The molecule has 10 nitrogen and oxygen atoms in total. The van der Waals surface area contributed by atoms with Crippen LogP contribution in [0.2, 0.25) is 0 Å². The second-order valence-electron chi connectivity index (χ2n) is 10.5. The maximum absolute atomic E-state index is 12.9. The zero-order valence-corrected chi connectivity index (χ0v) is 23.7. The van der Waals surface area contributed by atoms with E-state index in [0.29, 0.717) is 17.1 Å². The van der Waals surface area contributed by atoms with Crippen molar-refractivity contribution in [2.24, 2.45) is 0 Å². The van der Waals surface area contributed by atoms with Crippen LogP contribution in [0.4, 0.5) is 5.82 Å². The zero-order chi connectivity index (χ0) is 28.6. The van der Waals surface area contributed by atoms with E-state index in [0.717, 1.165) is 35.2 Å². The zero-order valence-electron chi connectivity index (χ0n) is 22.9. The highest BCUT2D eigenvalue weighted by Crippen LogP contribution is 2.26. The molecule has 6 rings (SSSR count). The number of aromatic nitrogens is 3. The second kappa shape index (κ2) is 11.2. The number of rotatable bonds is 5. The number of amides is 1. The summed E-state index contributed by atoms with van der Waals surface area (Å²) in [5.74, 6) is 1.02. The topological polar surface area (TPSA) is 124 Å². The quantitative estimate of drug-likeness (QED) is 0.382. The third kappa shape index (κ3) is 5.92. The van der Waals surface area contributed by atoms with E-state index in [4.69, 9.17) is 14.5 Å². The number of benzene rings is 2. The Kier molecular flexibility index (Phi) is 7.41. The lowest BCUT2D eigenvalue weighted by Gasteiger charge is -2.36. The fraction of sp³-hybridized carbons (Fsp3) is 0.333. The molecular formula is C30H31N5O5S. The van der Waals surface area contributed by atoms with Crippen molar-refractivity contribution < 1.29 is 22.7 Å². The van der Waals surface area contributed by atoms with Crippen LogP contribution in [0.15, 0.2) is 65.8 Å². The van der Waals surface area contributed by atoms with E-state index < -0.39 is 9.84 Å². The minimum atomic E-state index is -3.50. The van der Waals surface area contributed by atoms with Gasteiger partial charge in [-0.3, -0.25) is 9.78 Å². The Morgan fingerprint density at radius 1 is 1.02 bits per heavy atom. The molecule has 2 aromatic heterocycles. The molecule has 2 aromatic carbocycles. The predicted molar refractivity (Wildman–Crippen MR) is 154 cm³/mol. The summed E-state index contributed by atoms with van der Waals surface area (Å²) in [5.41, 5.74) is 2.39. The lowest BCUT2D eigenvalue weighted by atomic mass is 10.1. The molecule has 4 heterocycles. The van der Waals surface area contributed by atoms with Crippen molar-refractivity contribution in [2.75, 3.05) is 30.3 Å². The molecule has 1 N–H and O–H groups in total. The molecule has 41 heavy (non-hydrogen) atoms. The predicted octanol–water partition coefficient (Wildman–Crippen LogP) is 3.54. The number of nitrogens with zero attached hydrogens (tertiary/aromatic N) is 4. The van der Waals surface area contributed by atoms with Gasteiger partial charge in [-0.1, -0.05) is 18.2 Å². The Bertz CT molecular complexity index is 1720. The van der Waals surface area contributed by atoms with Gasteiger partial charge in [-0.15, -0.1) is 0 Å². The number of pyridine rings is 1. The highest BCUT2D eigenvalue weighted by molar-refractivity contribution is 7.91. The smallest absolute Gasteiger partial charge is 0.251 e. The van der Waals surface area contributed by atoms with Gasteiger partial charge in [0.05, 0.1) is 48.3 Å². The van der Waals surface area contributed by atoms with Crippen molar-refractivity contribution in [3.63, 3.8) is 0 Å². The van der Waals surface area contributed by atoms with Crippen LogP contribution in [0.1, 0.15) is 35.5 Å². The largest absolute Gasteiger partial charge is 0.376 e. The molecule has 0 unspecified atom stereocenters. The summed E-state index contributed by atoms with van der Waals surface area (Å²) >= 11 is 0. The van der Waals surface area contributed by atoms with Crippen LogP contribution in [-0.4, -0.2) is 66.9 Å². The van der Waals surface area contributed by atoms with Gasteiger partial charge in [-0.2, -0.15) is 0 Å². The molecule has 2 aliphatic heterocycles. The van der Waals surface area contributed by atoms with Gasteiger partial charge in [0.25, 0.3) is 5.91 Å². The van der Waals surface area contributed by atoms with E-state index in [1.54, 1.807) is 24.5 Å².